The highest BCUT2D eigenvalue weighted by atomic mass is 35.5. The Bertz CT molecular complexity index is 1460. The molecule has 0 bridgehead atoms. The van der Waals surface area contributed by atoms with Crippen LogP contribution in [0.4, 0.5) is 17.3 Å². The van der Waals surface area contributed by atoms with Crippen LogP contribution < -0.4 is 10.0 Å². The first kappa shape index (κ1) is 22.6. The highest BCUT2D eigenvalue weighted by molar-refractivity contribution is 7.92. The lowest BCUT2D eigenvalue weighted by Gasteiger charge is -2.15. The number of hydrogen-bond donors (Lipinski definition) is 2. The molecule has 32 heavy (non-hydrogen) atoms. The molecule has 0 saturated heterocycles. The van der Waals surface area contributed by atoms with Gasteiger partial charge in [-0.15, -0.1) is 0 Å². The second-order valence-electron chi connectivity index (χ2n) is 7.16. The van der Waals surface area contributed by atoms with Gasteiger partial charge in [-0.3, -0.25) is 4.72 Å². The Balaban J connectivity index is 1.83. The number of aryl methyl sites for hydroxylation is 2. The molecular weight excluding hydrogens is 491 g/mol. The summed E-state index contributed by atoms with van der Waals surface area (Å²) >= 11 is 18.1. The van der Waals surface area contributed by atoms with Crippen molar-refractivity contribution in [3.8, 4) is 0 Å². The normalized spacial score (nSPS) is 11.5. The fourth-order valence-corrected chi connectivity index (χ4v) is 4.61. The fourth-order valence-electron chi connectivity index (χ4n) is 3.00. The Morgan fingerprint density at radius 2 is 1.44 bits per heavy atom. The second kappa shape index (κ2) is 8.75. The highest BCUT2D eigenvalue weighted by Crippen LogP contribution is 2.31. The number of sulfonamides is 1. The molecular formula is C22H17Cl3N4O2S. The van der Waals surface area contributed by atoms with E-state index in [9.17, 15) is 8.42 Å². The van der Waals surface area contributed by atoms with Crippen molar-refractivity contribution in [2.75, 3.05) is 10.0 Å². The summed E-state index contributed by atoms with van der Waals surface area (Å²) in [5.74, 6) is 0.247. The molecule has 0 fully saturated rings. The smallest absolute Gasteiger partial charge is 0.263 e. The average molecular weight is 508 g/mol. The Hall–Kier alpha value is -2.58. The SMILES string of the molecule is Cc1cc2nc(Nc3ccc(Cl)c(Cl)c3)c(NS(=O)(=O)c3cccc(Cl)c3)nc2cc1C. The van der Waals surface area contributed by atoms with Crippen molar-refractivity contribution in [3.63, 3.8) is 0 Å². The summed E-state index contributed by atoms with van der Waals surface area (Å²) in [6.45, 7) is 3.92. The second-order valence-corrected chi connectivity index (χ2v) is 10.1. The van der Waals surface area contributed by atoms with Crippen molar-refractivity contribution in [1.82, 2.24) is 9.97 Å². The number of nitrogens with one attached hydrogen (secondary N) is 2. The van der Waals surface area contributed by atoms with E-state index in [0.29, 0.717) is 31.8 Å². The summed E-state index contributed by atoms with van der Waals surface area (Å²) in [6, 6.07) is 14.7. The number of aromatic nitrogens is 2. The number of rotatable bonds is 5. The van der Waals surface area contributed by atoms with Crippen LogP contribution >= 0.6 is 34.8 Å². The van der Waals surface area contributed by atoms with Crippen LogP contribution in [-0.4, -0.2) is 18.4 Å². The number of hydrogen-bond acceptors (Lipinski definition) is 5. The van der Waals surface area contributed by atoms with E-state index < -0.39 is 10.0 Å². The van der Waals surface area contributed by atoms with Gasteiger partial charge in [0.05, 0.1) is 26.0 Å². The fraction of sp³-hybridized carbons (Fsp3) is 0.0909. The minimum Gasteiger partial charge on any atom is -0.337 e. The molecule has 0 spiro atoms. The molecule has 0 aliphatic rings. The van der Waals surface area contributed by atoms with Gasteiger partial charge in [0.15, 0.2) is 11.6 Å². The van der Waals surface area contributed by atoms with Gasteiger partial charge in [0.2, 0.25) is 0 Å². The lowest BCUT2D eigenvalue weighted by atomic mass is 10.1. The van der Waals surface area contributed by atoms with E-state index in [-0.39, 0.29) is 16.5 Å². The molecule has 0 unspecified atom stereocenters. The lowest BCUT2D eigenvalue weighted by molar-refractivity contribution is 0.601. The number of fused-ring (bicyclic) bond motifs is 1. The minimum atomic E-state index is -3.98. The van der Waals surface area contributed by atoms with E-state index in [4.69, 9.17) is 34.8 Å². The van der Waals surface area contributed by atoms with Gasteiger partial charge < -0.3 is 5.32 Å². The van der Waals surface area contributed by atoms with Gasteiger partial charge in [0.1, 0.15) is 0 Å². The third-order valence-corrected chi connectivity index (χ3v) is 7.11. The van der Waals surface area contributed by atoms with Gasteiger partial charge in [0, 0.05) is 10.7 Å². The van der Waals surface area contributed by atoms with E-state index in [0.717, 1.165) is 11.1 Å². The third-order valence-electron chi connectivity index (χ3n) is 4.80. The van der Waals surface area contributed by atoms with Gasteiger partial charge in [-0.1, -0.05) is 40.9 Å². The molecule has 0 saturated carbocycles. The van der Waals surface area contributed by atoms with Gasteiger partial charge in [-0.25, -0.2) is 18.4 Å². The molecule has 1 aromatic heterocycles. The van der Waals surface area contributed by atoms with E-state index >= 15 is 0 Å². The van der Waals surface area contributed by atoms with Crippen molar-refractivity contribution < 1.29 is 8.42 Å². The predicted molar refractivity (Wildman–Crippen MR) is 131 cm³/mol. The van der Waals surface area contributed by atoms with Crippen molar-refractivity contribution in [3.05, 3.63) is 80.8 Å². The molecule has 164 valence electrons. The summed E-state index contributed by atoms with van der Waals surface area (Å²) < 4.78 is 28.5. The Morgan fingerprint density at radius 3 is 2.06 bits per heavy atom. The number of halogens is 3. The summed E-state index contributed by atoms with van der Waals surface area (Å²) in [5.41, 5.74) is 3.79. The Kier molecular flexibility index (Phi) is 6.18. The Labute approximate surface area is 200 Å². The molecule has 0 radical (unpaired) electrons. The summed E-state index contributed by atoms with van der Waals surface area (Å²) in [5, 5.41) is 4.13. The van der Waals surface area contributed by atoms with Crippen molar-refractivity contribution >= 4 is 73.2 Å². The van der Waals surface area contributed by atoms with Crippen LogP contribution in [0.5, 0.6) is 0 Å². The average Bonchev–Trinajstić information content (AvgIpc) is 2.72. The third kappa shape index (κ3) is 4.76. The molecule has 3 aromatic carbocycles. The molecule has 0 aliphatic carbocycles. The minimum absolute atomic E-state index is 0.00692. The zero-order valence-corrected chi connectivity index (χ0v) is 20.0. The van der Waals surface area contributed by atoms with Crippen LogP contribution in [0.15, 0.2) is 59.5 Å². The molecule has 4 rings (SSSR count). The maximum atomic E-state index is 13.0. The zero-order chi connectivity index (χ0) is 23.0. The first-order valence-electron chi connectivity index (χ1n) is 9.42. The van der Waals surface area contributed by atoms with Gasteiger partial charge in [-0.2, -0.15) is 0 Å². The van der Waals surface area contributed by atoms with E-state index in [2.05, 4.69) is 20.0 Å². The molecule has 1 heterocycles. The van der Waals surface area contributed by atoms with Crippen LogP contribution in [0, 0.1) is 13.8 Å². The molecule has 4 aromatic rings. The number of nitrogens with zero attached hydrogens (tertiary/aromatic N) is 2. The van der Waals surface area contributed by atoms with Crippen molar-refractivity contribution in [1.29, 1.82) is 0 Å². The summed E-state index contributed by atoms with van der Waals surface area (Å²) in [6.07, 6.45) is 0. The zero-order valence-electron chi connectivity index (χ0n) is 16.9. The molecule has 0 atom stereocenters. The quantitative estimate of drug-likeness (QED) is 0.312. The largest absolute Gasteiger partial charge is 0.337 e. The first-order chi connectivity index (χ1) is 15.1. The predicted octanol–water partition coefficient (Wildman–Crippen LogP) is 6.75. The van der Waals surface area contributed by atoms with Crippen molar-refractivity contribution in [2.45, 2.75) is 18.7 Å². The highest BCUT2D eigenvalue weighted by Gasteiger charge is 2.20. The van der Waals surface area contributed by atoms with E-state index in [1.165, 1.54) is 12.1 Å². The van der Waals surface area contributed by atoms with Crippen LogP contribution in [0.2, 0.25) is 15.1 Å². The number of anilines is 3. The van der Waals surface area contributed by atoms with Gasteiger partial charge in [-0.05, 0) is 73.5 Å². The van der Waals surface area contributed by atoms with Crippen molar-refractivity contribution in [2.24, 2.45) is 0 Å². The molecule has 10 heteroatoms. The molecule has 0 amide bonds. The lowest BCUT2D eigenvalue weighted by Crippen LogP contribution is -2.16. The van der Waals surface area contributed by atoms with Crippen LogP contribution in [0.1, 0.15) is 11.1 Å². The summed E-state index contributed by atoms with van der Waals surface area (Å²) in [4.78, 5) is 9.16. The van der Waals surface area contributed by atoms with Crippen LogP contribution in [0.25, 0.3) is 11.0 Å². The maximum absolute atomic E-state index is 13.0. The standard InChI is InChI=1S/C22H17Cl3N4O2S/c1-12-8-19-20(9-13(12)2)28-22(29-32(30,31)16-5-3-4-14(23)10-16)21(27-19)26-15-6-7-17(24)18(25)11-15/h3-11H,1-2H3,(H,26,27)(H,28,29). The summed E-state index contributed by atoms with van der Waals surface area (Å²) in [7, 11) is -3.98. The monoisotopic (exact) mass is 506 g/mol. The molecule has 6 nitrogen and oxygen atoms in total. The number of benzene rings is 3. The molecule has 0 aliphatic heterocycles. The van der Waals surface area contributed by atoms with E-state index in [1.807, 2.05) is 26.0 Å². The molecule has 2 N–H and O–H groups in total. The Morgan fingerprint density at radius 1 is 0.781 bits per heavy atom. The van der Waals surface area contributed by atoms with Gasteiger partial charge in [0.25, 0.3) is 10.0 Å². The van der Waals surface area contributed by atoms with E-state index in [1.54, 1.807) is 30.3 Å². The maximum Gasteiger partial charge on any atom is 0.263 e. The first-order valence-corrected chi connectivity index (χ1v) is 12.0. The van der Waals surface area contributed by atoms with Crippen LogP contribution in [0.3, 0.4) is 0 Å². The topological polar surface area (TPSA) is 84.0 Å². The van der Waals surface area contributed by atoms with Crippen LogP contribution in [-0.2, 0) is 10.0 Å². The van der Waals surface area contributed by atoms with Gasteiger partial charge >= 0.3 is 0 Å².